The van der Waals surface area contributed by atoms with Gasteiger partial charge in [0.05, 0.1) is 16.8 Å². The topological polar surface area (TPSA) is 80.4 Å². The van der Waals surface area contributed by atoms with E-state index in [1.807, 2.05) is 0 Å². The van der Waals surface area contributed by atoms with Gasteiger partial charge in [-0.1, -0.05) is 0 Å². The van der Waals surface area contributed by atoms with Crippen LogP contribution in [0.15, 0.2) is 27.6 Å². The fourth-order valence-corrected chi connectivity index (χ4v) is 3.76. The molecule has 0 fully saturated rings. The summed E-state index contributed by atoms with van der Waals surface area (Å²) in [5, 5.41) is 9.08. The Morgan fingerprint density at radius 3 is 2.60 bits per heavy atom. The van der Waals surface area contributed by atoms with E-state index >= 15 is 0 Å². The Labute approximate surface area is 97.2 Å². The van der Waals surface area contributed by atoms with E-state index in [0.717, 1.165) is 0 Å². The molecule has 6 heteroatoms. The Morgan fingerprint density at radius 1 is 1.53 bits per heavy atom. The Hall–Kier alpha value is -0.590. The van der Waals surface area contributed by atoms with E-state index in [9.17, 15) is 8.42 Å². The van der Waals surface area contributed by atoms with Crippen molar-refractivity contribution < 1.29 is 13.5 Å². The molecule has 0 aromatic heterocycles. The van der Waals surface area contributed by atoms with Crippen molar-refractivity contribution in [1.29, 1.82) is 0 Å². The number of hydrogen-bond acceptors (Lipinski definition) is 4. The van der Waals surface area contributed by atoms with Gasteiger partial charge in [0.1, 0.15) is 0 Å². The van der Waals surface area contributed by atoms with Gasteiger partial charge >= 0.3 is 0 Å². The largest absolute Gasteiger partial charge is 0.399 e. The summed E-state index contributed by atoms with van der Waals surface area (Å²) in [5.74, 6) is -0.296. The van der Waals surface area contributed by atoms with Crippen LogP contribution in [0.4, 0.5) is 5.69 Å². The molecule has 1 atom stereocenters. The van der Waals surface area contributed by atoms with Gasteiger partial charge in [-0.15, -0.1) is 0 Å². The SMILES string of the molecule is CC(O)CS(=O)(=O)c1ccc(N)cc1Br. The molecular formula is C9H12BrNO3S. The van der Waals surface area contributed by atoms with Crippen molar-refractivity contribution in [1.82, 2.24) is 0 Å². The summed E-state index contributed by atoms with van der Waals surface area (Å²) in [4.78, 5) is 0.151. The maximum absolute atomic E-state index is 11.7. The molecule has 0 radical (unpaired) electrons. The molecule has 1 rings (SSSR count). The molecule has 4 nitrogen and oxygen atoms in total. The highest BCUT2D eigenvalue weighted by molar-refractivity contribution is 9.10. The molecule has 0 saturated carbocycles. The second-order valence-electron chi connectivity index (χ2n) is 3.32. The van der Waals surface area contributed by atoms with Gasteiger partial charge in [0, 0.05) is 10.2 Å². The molecule has 0 amide bonds. The monoisotopic (exact) mass is 293 g/mol. The Bertz CT molecular complexity index is 456. The highest BCUT2D eigenvalue weighted by Crippen LogP contribution is 2.25. The highest BCUT2D eigenvalue weighted by Gasteiger charge is 2.19. The summed E-state index contributed by atoms with van der Waals surface area (Å²) >= 11 is 3.13. The molecule has 3 N–H and O–H groups in total. The second kappa shape index (κ2) is 4.51. The zero-order chi connectivity index (χ0) is 11.6. The number of rotatable bonds is 3. The van der Waals surface area contributed by atoms with Crippen molar-refractivity contribution in [2.24, 2.45) is 0 Å². The smallest absolute Gasteiger partial charge is 0.182 e. The molecule has 1 aromatic carbocycles. The second-order valence-corrected chi connectivity index (χ2v) is 6.18. The van der Waals surface area contributed by atoms with Crippen molar-refractivity contribution in [3.05, 3.63) is 22.7 Å². The maximum atomic E-state index is 11.7. The first-order chi connectivity index (χ1) is 6.83. The molecule has 0 spiro atoms. The predicted molar refractivity (Wildman–Crippen MR) is 62.3 cm³/mol. The predicted octanol–water partition coefficient (Wildman–Crippen LogP) is 1.19. The Morgan fingerprint density at radius 2 is 2.13 bits per heavy atom. The fraction of sp³-hybridized carbons (Fsp3) is 0.333. The maximum Gasteiger partial charge on any atom is 0.182 e. The highest BCUT2D eigenvalue weighted by atomic mass is 79.9. The van der Waals surface area contributed by atoms with Crippen LogP contribution >= 0.6 is 15.9 Å². The summed E-state index contributed by atoms with van der Waals surface area (Å²) in [6.45, 7) is 1.43. The third-order valence-corrected chi connectivity index (χ3v) is 4.62. The quantitative estimate of drug-likeness (QED) is 0.820. The minimum atomic E-state index is -3.46. The Balaban J connectivity index is 3.16. The lowest BCUT2D eigenvalue weighted by Crippen LogP contribution is -2.18. The zero-order valence-corrected chi connectivity index (χ0v) is 10.5. The van der Waals surface area contributed by atoms with Crippen molar-refractivity contribution in [2.45, 2.75) is 17.9 Å². The first-order valence-electron chi connectivity index (χ1n) is 4.29. The van der Waals surface area contributed by atoms with E-state index in [1.54, 1.807) is 0 Å². The minimum absolute atomic E-state index is 0.151. The lowest BCUT2D eigenvalue weighted by atomic mass is 10.3. The molecule has 0 aliphatic rings. The van der Waals surface area contributed by atoms with E-state index in [4.69, 9.17) is 10.8 Å². The van der Waals surface area contributed by atoms with Crippen LogP contribution in [0, 0.1) is 0 Å². The standard InChI is InChI=1S/C9H12BrNO3S/c1-6(12)5-15(13,14)9-3-2-7(11)4-8(9)10/h2-4,6,12H,5,11H2,1H3. The molecular weight excluding hydrogens is 282 g/mol. The van der Waals surface area contributed by atoms with Crippen LogP contribution in [0.1, 0.15) is 6.92 Å². The zero-order valence-electron chi connectivity index (χ0n) is 8.14. The van der Waals surface area contributed by atoms with Crippen molar-refractivity contribution in [3.8, 4) is 0 Å². The van der Waals surface area contributed by atoms with Crippen LogP contribution in [0.2, 0.25) is 0 Å². The van der Waals surface area contributed by atoms with E-state index in [0.29, 0.717) is 10.2 Å². The van der Waals surface area contributed by atoms with E-state index in [1.165, 1.54) is 25.1 Å². The number of hydrogen-bond donors (Lipinski definition) is 2. The van der Waals surface area contributed by atoms with E-state index in [-0.39, 0.29) is 10.6 Å². The lowest BCUT2D eigenvalue weighted by molar-refractivity contribution is 0.218. The van der Waals surface area contributed by atoms with Gasteiger partial charge in [-0.05, 0) is 41.1 Å². The molecule has 15 heavy (non-hydrogen) atoms. The van der Waals surface area contributed by atoms with Crippen molar-refractivity contribution >= 4 is 31.5 Å². The van der Waals surface area contributed by atoms with Crippen LogP contribution in [0.25, 0.3) is 0 Å². The average molecular weight is 294 g/mol. The number of nitrogens with two attached hydrogens (primary N) is 1. The molecule has 0 aliphatic heterocycles. The third-order valence-electron chi connectivity index (χ3n) is 1.75. The summed E-state index contributed by atoms with van der Waals surface area (Å²) in [6.07, 6.45) is -0.889. The summed E-state index contributed by atoms with van der Waals surface area (Å²) in [7, 11) is -3.46. The fourth-order valence-electron chi connectivity index (χ4n) is 1.18. The van der Waals surface area contributed by atoms with Gasteiger partial charge < -0.3 is 10.8 Å². The summed E-state index contributed by atoms with van der Waals surface area (Å²) in [5.41, 5.74) is 5.98. The first-order valence-corrected chi connectivity index (χ1v) is 6.73. The van der Waals surface area contributed by atoms with Crippen LogP contribution in [-0.4, -0.2) is 25.4 Å². The number of nitrogen functional groups attached to an aromatic ring is 1. The molecule has 1 unspecified atom stereocenters. The van der Waals surface area contributed by atoms with Crippen LogP contribution in [0.3, 0.4) is 0 Å². The van der Waals surface area contributed by atoms with E-state index < -0.39 is 15.9 Å². The van der Waals surface area contributed by atoms with Crippen LogP contribution < -0.4 is 5.73 Å². The van der Waals surface area contributed by atoms with Gasteiger partial charge in [0.25, 0.3) is 0 Å². The molecule has 0 bridgehead atoms. The van der Waals surface area contributed by atoms with Crippen molar-refractivity contribution in [3.63, 3.8) is 0 Å². The normalized spacial score (nSPS) is 13.8. The van der Waals surface area contributed by atoms with Crippen LogP contribution in [-0.2, 0) is 9.84 Å². The number of aliphatic hydroxyl groups excluding tert-OH is 1. The van der Waals surface area contributed by atoms with Gasteiger partial charge in [0.15, 0.2) is 9.84 Å². The number of benzene rings is 1. The Kier molecular flexibility index (Phi) is 3.75. The first kappa shape index (κ1) is 12.5. The minimum Gasteiger partial charge on any atom is -0.399 e. The summed E-state index contributed by atoms with van der Waals surface area (Å²) < 4.78 is 23.9. The van der Waals surface area contributed by atoms with Crippen molar-refractivity contribution in [2.75, 3.05) is 11.5 Å². The van der Waals surface area contributed by atoms with E-state index in [2.05, 4.69) is 15.9 Å². The van der Waals surface area contributed by atoms with Gasteiger partial charge in [0.2, 0.25) is 0 Å². The number of anilines is 1. The van der Waals surface area contributed by atoms with Gasteiger partial charge in [-0.3, -0.25) is 0 Å². The molecule has 0 aliphatic carbocycles. The van der Waals surface area contributed by atoms with Gasteiger partial charge in [-0.25, -0.2) is 8.42 Å². The summed E-state index contributed by atoms with van der Waals surface area (Å²) in [6, 6.07) is 4.46. The third kappa shape index (κ3) is 3.19. The average Bonchev–Trinajstić information content (AvgIpc) is 1.99. The number of halogens is 1. The molecule has 0 heterocycles. The lowest BCUT2D eigenvalue weighted by Gasteiger charge is -2.08. The van der Waals surface area contributed by atoms with Gasteiger partial charge in [-0.2, -0.15) is 0 Å². The number of aliphatic hydroxyl groups is 1. The molecule has 0 saturated heterocycles. The van der Waals surface area contributed by atoms with Crippen LogP contribution in [0.5, 0.6) is 0 Å². The molecule has 84 valence electrons. The molecule has 1 aromatic rings. The number of sulfone groups is 1.